The van der Waals surface area contributed by atoms with Gasteiger partial charge in [0.25, 0.3) is 0 Å². The molecule has 0 aliphatic rings. The maximum atomic E-state index is 10.1. The lowest BCUT2D eigenvalue weighted by atomic mass is 10.1. The SMILES string of the molecule is CC(C)C(N)C(=O)O.NC(=O)CCC(N)C(=O)O. The molecule has 2 unspecified atom stereocenters. The number of carbonyl (C=O) groups is 3. The summed E-state index contributed by atoms with van der Waals surface area (Å²) in [7, 11) is 0. The average molecular weight is 263 g/mol. The van der Waals surface area contributed by atoms with Gasteiger partial charge in [0.15, 0.2) is 0 Å². The van der Waals surface area contributed by atoms with Gasteiger partial charge in [-0.1, -0.05) is 13.8 Å². The number of carbonyl (C=O) groups excluding carboxylic acids is 1. The summed E-state index contributed by atoms with van der Waals surface area (Å²) >= 11 is 0. The van der Waals surface area contributed by atoms with E-state index >= 15 is 0 Å². The second-order valence-electron chi connectivity index (χ2n) is 4.06. The van der Waals surface area contributed by atoms with Gasteiger partial charge in [-0.15, -0.1) is 0 Å². The normalized spacial score (nSPS) is 13.2. The lowest BCUT2D eigenvalue weighted by molar-refractivity contribution is -0.140. The van der Waals surface area contributed by atoms with Crippen molar-refractivity contribution in [2.45, 2.75) is 38.8 Å². The molecule has 0 saturated carbocycles. The summed E-state index contributed by atoms with van der Waals surface area (Å²) < 4.78 is 0. The fraction of sp³-hybridized carbons (Fsp3) is 0.700. The topological polar surface area (TPSA) is 170 Å². The first-order valence-corrected chi connectivity index (χ1v) is 5.34. The number of aliphatic carboxylic acids is 2. The fourth-order valence-electron chi connectivity index (χ4n) is 0.706. The molecule has 0 spiro atoms. The van der Waals surface area contributed by atoms with E-state index in [0.717, 1.165) is 0 Å². The lowest BCUT2D eigenvalue weighted by Crippen LogP contribution is -2.34. The van der Waals surface area contributed by atoms with E-state index in [1.54, 1.807) is 13.8 Å². The molecule has 8 nitrogen and oxygen atoms in total. The highest BCUT2D eigenvalue weighted by molar-refractivity contribution is 5.77. The van der Waals surface area contributed by atoms with Crippen molar-refractivity contribution in [3.63, 3.8) is 0 Å². The lowest BCUT2D eigenvalue weighted by Gasteiger charge is -2.07. The van der Waals surface area contributed by atoms with E-state index in [4.69, 9.17) is 27.4 Å². The highest BCUT2D eigenvalue weighted by atomic mass is 16.4. The zero-order valence-corrected chi connectivity index (χ0v) is 10.5. The highest BCUT2D eigenvalue weighted by Crippen LogP contribution is 1.96. The number of hydrogen-bond donors (Lipinski definition) is 5. The summed E-state index contributed by atoms with van der Waals surface area (Å²) in [5.41, 5.74) is 15.0. The highest BCUT2D eigenvalue weighted by Gasteiger charge is 2.14. The third-order valence-corrected chi connectivity index (χ3v) is 2.02. The number of carboxylic acids is 2. The molecule has 18 heavy (non-hydrogen) atoms. The van der Waals surface area contributed by atoms with Crippen LogP contribution >= 0.6 is 0 Å². The van der Waals surface area contributed by atoms with Crippen LogP contribution in [0.1, 0.15) is 26.7 Å². The van der Waals surface area contributed by atoms with Gasteiger partial charge >= 0.3 is 11.9 Å². The van der Waals surface area contributed by atoms with Crippen LogP contribution in [0.4, 0.5) is 0 Å². The molecule has 0 heterocycles. The molecular weight excluding hydrogens is 242 g/mol. The van der Waals surface area contributed by atoms with E-state index in [9.17, 15) is 14.4 Å². The molecule has 0 saturated heterocycles. The molecule has 8 N–H and O–H groups in total. The van der Waals surface area contributed by atoms with Gasteiger partial charge in [-0.05, 0) is 12.3 Å². The van der Waals surface area contributed by atoms with Gasteiger partial charge in [-0.2, -0.15) is 0 Å². The molecule has 0 fully saturated rings. The summed E-state index contributed by atoms with van der Waals surface area (Å²) in [6, 6.07) is -1.69. The molecule has 0 rings (SSSR count). The van der Waals surface area contributed by atoms with Crippen molar-refractivity contribution in [3.05, 3.63) is 0 Å². The Morgan fingerprint density at radius 3 is 1.67 bits per heavy atom. The smallest absolute Gasteiger partial charge is 0.320 e. The predicted octanol–water partition coefficient (Wildman–Crippen LogP) is -1.28. The minimum Gasteiger partial charge on any atom is -0.480 e. The summed E-state index contributed by atoms with van der Waals surface area (Å²) in [5, 5.41) is 16.4. The molecular formula is C10H21N3O5. The third-order valence-electron chi connectivity index (χ3n) is 2.02. The van der Waals surface area contributed by atoms with Gasteiger partial charge in [0.2, 0.25) is 5.91 Å². The number of hydrogen-bond acceptors (Lipinski definition) is 5. The van der Waals surface area contributed by atoms with Crippen LogP contribution in [0, 0.1) is 5.92 Å². The molecule has 0 aromatic carbocycles. The maximum absolute atomic E-state index is 10.1. The van der Waals surface area contributed by atoms with Crippen molar-refractivity contribution in [2.75, 3.05) is 0 Å². The molecule has 8 heteroatoms. The van der Waals surface area contributed by atoms with Crippen LogP contribution < -0.4 is 17.2 Å². The van der Waals surface area contributed by atoms with E-state index < -0.39 is 29.9 Å². The van der Waals surface area contributed by atoms with Crippen LogP contribution in [0.2, 0.25) is 0 Å². The molecule has 0 aliphatic heterocycles. The van der Waals surface area contributed by atoms with Crippen molar-refractivity contribution < 1.29 is 24.6 Å². The number of rotatable bonds is 6. The van der Waals surface area contributed by atoms with E-state index in [2.05, 4.69) is 0 Å². The Labute approximate surface area is 105 Å². The molecule has 0 aromatic rings. The van der Waals surface area contributed by atoms with E-state index in [-0.39, 0.29) is 18.8 Å². The number of amides is 1. The predicted molar refractivity (Wildman–Crippen MR) is 64.5 cm³/mol. The van der Waals surface area contributed by atoms with Crippen LogP contribution in [0.5, 0.6) is 0 Å². The minimum absolute atomic E-state index is 0.0208. The second kappa shape index (κ2) is 9.37. The molecule has 1 amide bonds. The van der Waals surface area contributed by atoms with Gasteiger partial charge in [-0.25, -0.2) is 0 Å². The van der Waals surface area contributed by atoms with Gasteiger partial charge in [0.1, 0.15) is 12.1 Å². The molecule has 0 radical (unpaired) electrons. The van der Waals surface area contributed by atoms with Crippen LogP contribution in [-0.4, -0.2) is 40.1 Å². The van der Waals surface area contributed by atoms with Gasteiger partial charge < -0.3 is 27.4 Å². The zero-order valence-electron chi connectivity index (χ0n) is 10.5. The van der Waals surface area contributed by atoms with Crippen molar-refractivity contribution in [2.24, 2.45) is 23.1 Å². The number of carboxylic acid groups (broad SMARTS) is 2. The second-order valence-corrected chi connectivity index (χ2v) is 4.06. The van der Waals surface area contributed by atoms with Gasteiger partial charge in [0.05, 0.1) is 0 Å². The monoisotopic (exact) mass is 263 g/mol. The van der Waals surface area contributed by atoms with Crippen molar-refractivity contribution in [1.82, 2.24) is 0 Å². The van der Waals surface area contributed by atoms with E-state index in [1.165, 1.54) is 0 Å². The Morgan fingerprint density at radius 1 is 1.06 bits per heavy atom. The van der Waals surface area contributed by atoms with Crippen molar-refractivity contribution in [3.8, 4) is 0 Å². The van der Waals surface area contributed by atoms with Crippen LogP contribution in [0.25, 0.3) is 0 Å². The Balaban J connectivity index is 0. The van der Waals surface area contributed by atoms with Crippen molar-refractivity contribution >= 4 is 17.8 Å². The zero-order chi connectivity index (χ0) is 14.9. The first-order valence-electron chi connectivity index (χ1n) is 5.34. The summed E-state index contributed by atoms with van der Waals surface area (Å²) in [4.78, 5) is 30.2. The Kier molecular flexibility index (Phi) is 9.73. The number of nitrogens with two attached hydrogens (primary N) is 3. The standard InChI is InChI=1S/C5H10N2O3.C5H11NO2/c6-3(5(9)10)1-2-4(7)8;1-3(2)4(6)5(7)8/h3H,1-2,6H2,(H2,7,8)(H,9,10);3-4H,6H2,1-2H3,(H,7,8). The third kappa shape index (κ3) is 10.8. The molecule has 106 valence electrons. The van der Waals surface area contributed by atoms with Crippen LogP contribution in [0.3, 0.4) is 0 Å². The Hall–Kier alpha value is -1.67. The molecule has 0 aliphatic carbocycles. The largest absolute Gasteiger partial charge is 0.480 e. The van der Waals surface area contributed by atoms with E-state index in [1.807, 2.05) is 0 Å². The summed E-state index contributed by atoms with van der Waals surface area (Å²) in [5.74, 6) is -2.55. The fourth-order valence-corrected chi connectivity index (χ4v) is 0.706. The molecule has 0 bridgehead atoms. The quantitative estimate of drug-likeness (QED) is 0.397. The Bertz CT molecular complexity index is 293. The van der Waals surface area contributed by atoms with E-state index in [0.29, 0.717) is 0 Å². The average Bonchev–Trinajstić information content (AvgIpc) is 2.24. The van der Waals surface area contributed by atoms with Gasteiger partial charge in [0, 0.05) is 6.42 Å². The Morgan fingerprint density at radius 2 is 1.50 bits per heavy atom. The first kappa shape index (κ1) is 18.7. The molecule has 2 atom stereocenters. The first-order chi connectivity index (χ1) is 8.09. The van der Waals surface area contributed by atoms with Crippen LogP contribution in [-0.2, 0) is 14.4 Å². The maximum Gasteiger partial charge on any atom is 0.320 e. The van der Waals surface area contributed by atoms with Gasteiger partial charge in [-0.3, -0.25) is 14.4 Å². The van der Waals surface area contributed by atoms with Crippen LogP contribution in [0.15, 0.2) is 0 Å². The minimum atomic E-state index is -1.11. The summed E-state index contributed by atoms with van der Waals surface area (Å²) in [6.45, 7) is 3.55. The molecule has 0 aromatic heterocycles. The van der Waals surface area contributed by atoms with Crippen molar-refractivity contribution in [1.29, 1.82) is 0 Å². The summed E-state index contributed by atoms with van der Waals surface area (Å²) in [6.07, 6.45) is 0.123. The number of primary amides is 1.